The fourth-order valence-corrected chi connectivity index (χ4v) is 2.75. The fraction of sp³-hybridized carbons (Fsp3) is 0.667. The van der Waals surface area contributed by atoms with Crippen LogP contribution in [0.3, 0.4) is 0 Å². The number of amides is 2. The minimum absolute atomic E-state index is 0.141. The molecule has 132 valence electrons. The zero-order valence-electron chi connectivity index (χ0n) is 15.0. The third-order valence-corrected chi connectivity index (χ3v) is 4.32. The van der Waals surface area contributed by atoms with Crippen molar-refractivity contribution in [1.29, 1.82) is 0 Å². The number of aryl methyl sites for hydroxylation is 1. The van der Waals surface area contributed by atoms with Crippen molar-refractivity contribution in [2.24, 2.45) is 5.92 Å². The molecular weight excluding hydrogens is 304 g/mol. The van der Waals surface area contributed by atoms with Crippen molar-refractivity contribution >= 4 is 11.8 Å². The Morgan fingerprint density at radius 1 is 1.17 bits per heavy atom. The van der Waals surface area contributed by atoms with Gasteiger partial charge in [0.15, 0.2) is 0 Å². The van der Waals surface area contributed by atoms with E-state index in [0.717, 1.165) is 38.0 Å². The summed E-state index contributed by atoms with van der Waals surface area (Å²) >= 11 is 0. The third kappa shape index (κ3) is 5.28. The molecule has 6 heteroatoms. The summed E-state index contributed by atoms with van der Waals surface area (Å²) < 4.78 is 0. The Labute approximate surface area is 144 Å². The Balaban J connectivity index is 1.98. The van der Waals surface area contributed by atoms with E-state index in [2.05, 4.69) is 23.8 Å². The van der Waals surface area contributed by atoms with Crippen molar-refractivity contribution in [1.82, 2.24) is 19.8 Å². The van der Waals surface area contributed by atoms with Gasteiger partial charge in [0.25, 0.3) is 5.91 Å². The summed E-state index contributed by atoms with van der Waals surface area (Å²) in [5.74, 6) is 0.501. The molecule has 1 fully saturated rings. The van der Waals surface area contributed by atoms with Gasteiger partial charge in [-0.05, 0) is 32.1 Å². The van der Waals surface area contributed by atoms with Crippen LogP contribution in [-0.2, 0) is 4.79 Å². The van der Waals surface area contributed by atoms with E-state index in [1.165, 1.54) is 6.20 Å². The van der Waals surface area contributed by atoms with Crippen LogP contribution in [0.5, 0.6) is 0 Å². The van der Waals surface area contributed by atoms with Crippen LogP contribution in [0.1, 0.15) is 55.7 Å². The molecule has 0 unspecified atom stereocenters. The van der Waals surface area contributed by atoms with Crippen LogP contribution >= 0.6 is 0 Å². The lowest BCUT2D eigenvalue weighted by Crippen LogP contribution is -2.37. The second-order valence-electron chi connectivity index (χ2n) is 6.86. The van der Waals surface area contributed by atoms with Crippen molar-refractivity contribution in [3.05, 3.63) is 23.8 Å². The Bertz CT molecular complexity index is 551. The van der Waals surface area contributed by atoms with Gasteiger partial charge in [0.1, 0.15) is 5.69 Å². The predicted molar refractivity (Wildman–Crippen MR) is 92.6 cm³/mol. The molecule has 1 aliphatic heterocycles. The molecule has 0 bridgehead atoms. The van der Waals surface area contributed by atoms with E-state index in [9.17, 15) is 9.59 Å². The predicted octanol–water partition coefficient (Wildman–Crippen LogP) is 2.29. The van der Waals surface area contributed by atoms with Gasteiger partial charge in [-0.25, -0.2) is 4.98 Å². The molecule has 0 N–H and O–H groups in total. The number of aromatic nitrogens is 2. The molecule has 0 saturated carbocycles. The molecule has 24 heavy (non-hydrogen) atoms. The summed E-state index contributed by atoms with van der Waals surface area (Å²) in [6, 6.07) is 0. The second kappa shape index (κ2) is 8.76. The minimum Gasteiger partial charge on any atom is -0.343 e. The molecule has 0 radical (unpaired) electrons. The highest BCUT2D eigenvalue weighted by Crippen LogP contribution is 2.11. The molecule has 0 spiro atoms. The van der Waals surface area contributed by atoms with E-state index >= 15 is 0 Å². The van der Waals surface area contributed by atoms with Gasteiger partial charge in [0, 0.05) is 38.8 Å². The average Bonchev–Trinajstić information content (AvgIpc) is 3.09. The van der Waals surface area contributed by atoms with Gasteiger partial charge < -0.3 is 9.80 Å². The maximum absolute atomic E-state index is 12.7. The van der Waals surface area contributed by atoms with Crippen LogP contribution in [0.4, 0.5) is 0 Å². The first-order valence-corrected chi connectivity index (χ1v) is 8.83. The molecular formula is C18H28N4O2. The standard InChI is InChI=1S/C18H28N4O2/c1-14(2)6-10-22(11-7-17(23)21-8-4-5-9-21)18(24)16-13-19-15(3)12-20-16/h12-14H,4-11H2,1-3H3. The third-order valence-electron chi connectivity index (χ3n) is 4.32. The minimum atomic E-state index is -0.141. The largest absolute Gasteiger partial charge is 0.343 e. The van der Waals surface area contributed by atoms with Crippen LogP contribution in [0.2, 0.25) is 0 Å². The lowest BCUT2D eigenvalue weighted by molar-refractivity contribution is -0.130. The summed E-state index contributed by atoms with van der Waals surface area (Å²) in [5.41, 5.74) is 1.13. The zero-order valence-corrected chi connectivity index (χ0v) is 15.0. The number of carbonyl (C=O) groups excluding carboxylic acids is 2. The highest BCUT2D eigenvalue weighted by molar-refractivity contribution is 5.92. The van der Waals surface area contributed by atoms with Gasteiger partial charge in [-0.1, -0.05) is 13.8 Å². The van der Waals surface area contributed by atoms with E-state index in [-0.39, 0.29) is 11.8 Å². The van der Waals surface area contributed by atoms with Crippen LogP contribution < -0.4 is 0 Å². The number of nitrogens with zero attached hydrogens (tertiary/aromatic N) is 4. The molecule has 2 amide bonds. The average molecular weight is 332 g/mol. The van der Waals surface area contributed by atoms with Gasteiger partial charge in [0.2, 0.25) is 5.91 Å². The lowest BCUT2D eigenvalue weighted by Gasteiger charge is -2.24. The Kier molecular flexibility index (Phi) is 6.70. The summed E-state index contributed by atoms with van der Waals surface area (Å²) in [5, 5.41) is 0. The van der Waals surface area contributed by atoms with Crippen LogP contribution in [0.15, 0.2) is 12.4 Å². The zero-order chi connectivity index (χ0) is 17.5. The molecule has 0 aliphatic carbocycles. The number of likely N-dealkylation sites (tertiary alicyclic amines) is 1. The Morgan fingerprint density at radius 2 is 1.88 bits per heavy atom. The van der Waals surface area contributed by atoms with Crippen LogP contribution in [-0.4, -0.2) is 57.8 Å². The quantitative estimate of drug-likeness (QED) is 0.768. The SMILES string of the molecule is Cc1cnc(C(=O)N(CCC(=O)N2CCCC2)CCC(C)C)cn1. The number of hydrogen-bond acceptors (Lipinski definition) is 4. The summed E-state index contributed by atoms with van der Waals surface area (Å²) in [6.45, 7) is 8.88. The van der Waals surface area contributed by atoms with Gasteiger partial charge in [-0.3, -0.25) is 14.6 Å². The van der Waals surface area contributed by atoms with Crippen molar-refractivity contribution in [3.63, 3.8) is 0 Å². The van der Waals surface area contributed by atoms with Gasteiger partial charge in [0.05, 0.1) is 11.9 Å². The molecule has 0 atom stereocenters. The summed E-state index contributed by atoms with van der Waals surface area (Å²) in [6.07, 6.45) is 6.57. The molecule has 2 heterocycles. The normalized spacial score (nSPS) is 14.2. The Hall–Kier alpha value is -1.98. The lowest BCUT2D eigenvalue weighted by atomic mass is 10.1. The first kappa shape index (κ1) is 18.4. The first-order chi connectivity index (χ1) is 11.5. The highest BCUT2D eigenvalue weighted by Gasteiger charge is 2.22. The van der Waals surface area contributed by atoms with Crippen molar-refractivity contribution < 1.29 is 9.59 Å². The smallest absolute Gasteiger partial charge is 0.274 e. The maximum Gasteiger partial charge on any atom is 0.274 e. The maximum atomic E-state index is 12.7. The second-order valence-corrected chi connectivity index (χ2v) is 6.86. The van der Waals surface area contributed by atoms with Gasteiger partial charge in [-0.2, -0.15) is 0 Å². The van der Waals surface area contributed by atoms with E-state index < -0.39 is 0 Å². The van der Waals surface area contributed by atoms with Crippen LogP contribution in [0.25, 0.3) is 0 Å². The number of hydrogen-bond donors (Lipinski definition) is 0. The van der Waals surface area contributed by atoms with E-state index in [1.54, 1.807) is 11.1 Å². The number of rotatable bonds is 7. The van der Waals surface area contributed by atoms with Gasteiger partial charge in [-0.15, -0.1) is 0 Å². The van der Waals surface area contributed by atoms with Crippen molar-refractivity contribution in [2.45, 2.75) is 46.5 Å². The molecule has 1 aromatic heterocycles. The van der Waals surface area contributed by atoms with E-state index in [4.69, 9.17) is 0 Å². The summed E-state index contributed by atoms with van der Waals surface area (Å²) in [4.78, 5) is 36.9. The molecule has 0 aromatic carbocycles. The Morgan fingerprint density at radius 3 is 2.46 bits per heavy atom. The molecule has 1 aromatic rings. The van der Waals surface area contributed by atoms with Crippen molar-refractivity contribution in [2.75, 3.05) is 26.2 Å². The van der Waals surface area contributed by atoms with Crippen LogP contribution in [0, 0.1) is 12.8 Å². The topological polar surface area (TPSA) is 66.4 Å². The van der Waals surface area contributed by atoms with Gasteiger partial charge >= 0.3 is 0 Å². The highest BCUT2D eigenvalue weighted by atomic mass is 16.2. The number of carbonyl (C=O) groups is 2. The first-order valence-electron chi connectivity index (χ1n) is 8.83. The fourth-order valence-electron chi connectivity index (χ4n) is 2.75. The molecule has 6 nitrogen and oxygen atoms in total. The molecule has 1 saturated heterocycles. The van der Waals surface area contributed by atoms with Crippen molar-refractivity contribution in [3.8, 4) is 0 Å². The summed E-state index contributed by atoms with van der Waals surface area (Å²) in [7, 11) is 0. The molecule has 1 aliphatic rings. The van der Waals surface area contributed by atoms with E-state index in [1.807, 2.05) is 11.8 Å². The molecule has 2 rings (SSSR count). The van der Waals surface area contributed by atoms with E-state index in [0.29, 0.717) is 31.1 Å². The monoisotopic (exact) mass is 332 g/mol.